The highest BCUT2D eigenvalue weighted by Crippen LogP contribution is 2.34. The zero-order valence-electron chi connectivity index (χ0n) is 12.5. The van der Waals surface area contributed by atoms with Crippen molar-refractivity contribution in [3.63, 3.8) is 0 Å². The summed E-state index contributed by atoms with van der Waals surface area (Å²) in [7, 11) is 0. The number of H-pyrrole nitrogens is 1. The van der Waals surface area contributed by atoms with Crippen molar-refractivity contribution in [1.29, 1.82) is 0 Å². The molecule has 0 aliphatic heterocycles. The molecule has 0 spiro atoms. The van der Waals surface area contributed by atoms with E-state index < -0.39 is 0 Å². The predicted molar refractivity (Wildman–Crippen MR) is 87.1 cm³/mol. The maximum Gasteiger partial charge on any atom is 0.125 e. The number of benzene rings is 1. The van der Waals surface area contributed by atoms with Crippen LogP contribution in [0.5, 0.6) is 0 Å². The Morgan fingerprint density at radius 3 is 2.77 bits per heavy atom. The van der Waals surface area contributed by atoms with Crippen LogP contribution in [0.4, 0.5) is 0 Å². The normalized spacial score (nSPS) is 12.3. The van der Waals surface area contributed by atoms with Gasteiger partial charge in [0.25, 0.3) is 0 Å². The quantitative estimate of drug-likeness (QED) is 0.796. The molecule has 0 bridgehead atoms. The number of hydrogen-bond acceptors (Lipinski definition) is 3. The fraction of sp³-hybridized carbons (Fsp3) is 0.235. The Kier molecular flexibility index (Phi) is 4.20. The van der Waals surface area contributed by atoms with Crippen LogP contribution < -0.4 is 0 Å². The lowest BCUT2D eigenvalue weighted by Crippen LogP contribution is -2.10. The van der Waals surface area contributed by atoms with Gasteiger partial charge in [-0.25, -0.2) is 15.0 Å². The molecule has 0 aliphatic rings. The Balaban J connectivity index is 2.05. The van der Waals surface area contributed by atoms with Crippen molar-refractivity contribution in [2.24, 2.45) is 0 Å². The van der Waals surface area contributed by atoms with Crippen LogP contribution in [-0.4, -0.2) is 19.9 Å². The molecule has 22 heavy (non-hydrogen) atoms. The number of rotatable bonds is 4. The van der Waals surface area contributed by atoms with E-state index >= 15 is 0 Å². The Morgan fingerprint density at radius 2 is 2.09 bits per heavy atom. The predicted octanol–water partition coefficient (Wildman–Crippen LogP) is 3.84. The molecule has 0 radical (unpaired) electrons. The van der Waals surface area contributed by atoms with Gasteiger partial charge in [0.15, 0.2) is 0 Å². The molecule has 0 aliphatic carbocycles. The van der Waals surface area contributed by atoms with Crippen molar-refractivity contribution in [3.8, 4) is 0 Å². The van der Waals surface area contributed by atoms with E-state index in [1.165, 1.54) is 0 Å². The first kappa shape index (κ1) is 14.7. The standard InChI is InChI=1S/C17H17ClN4/c1-11-4-3-5-15(18)17(11)14(16-9-19-10-21-16)8-13-6-7-20-12(2)22-13/h3-7,9-10,14H,8H2,1-2H3,(H,19,21). The monoisotopic (exact) mass is 312 g/mol. The van der Waals surface area contributed by atoms with E-state index in [9.17, 15) is 0 Å². The smallest absolute Gasteiger partial charge is 0.125 e. The van der Waals surface area contributed by atoms with Crippen molar-refractivity contribution in [2.75, 3.05) is 0 Å². The lowest BCUT2D eigenvalue weighted by atomic mass is 9.88. The second kappa shape index (κ2) is 6.28. The number of hydrogen-bond donors (Lipinski definition) is 1. The topological polar surface area (TPSA) is 54.5 Å². The fourth-order valence-corrected chi connectivity index (χ4v) is 3.09. The molecular weight excluding hydrogens is 296 g/mol. The Bertz CT molecular complexity index is 748. The minimum Gasteiger partial charge on any atom is -0.348 e. The van der Waals surface area contributed by atoms with Crippen LogP contribution in [0.3, 0.4) is 0 Å². The average molecular weight is 313 g/mol. The van der Waals surface area contributed by atoms with Crippen LogP contribution >= 0.6 is 11.6 Å². The molecule has 3 aromatic rings. The van der Waals surface area contributed by atoms with Crippen molar-refractivity contribution in [1.82, 2.24) is 19.9 Å². The fourth-order valence-electron chi connectivity index (χ4n) is 2.74. The molecule has 1 unspecified atom stereocenters. The summed E-state index contributed by atoms with van der Waals surface area (Å²) < 4.78 is 0. The molecule has 0 saturated carbocycles. The van der Waals surface area contributed by atoms with Gasteiger partial charge in [0.05, 0.1) is 6.33 Å². The van der Waals surface area contributed by atoms with E-state index in [1.807, 2.05) is 31.3 Å². The molecule has 2 heterocycles. The minimum atomic E-state index is 0.0884. The molecule has 5 heteroatoms. The number of nitrogens with one attached hydrogen (secondary N) is 1. The van der Waals surface area contributed by atoms with Crippen molar-refractivity contribution >= 4 is 11.6 Å². The van der Waals surface area contributed by atoms with E-state index in [0.717, 1.165) is 39.8 Å². The van der Waals surface area contributed by atoms with E-state index in [2.05, 4.69) is 32.9 Å². The lowest BCUT2D eigenvalue weighted by Gasteiger charge is -2.19. The largest absolute Gasteiger partial charge is 0.348 e. The molecule has 112 valence electrons. The third-order valence-electron chi connectivity index (χ3n) is 3.76. The van der Waals surface area contributed by atoms with E-state index in [-0.39, 0.29) is 5.92 Å². The van der Waals surface area contributed by atoms with Crippen LogP contribution in [0.2, 0.25) is 5.02 Å². The highest BCUT2D eigenvalue weighted by atomic mass is 35.5. The molecular formula is C17H17ClN4. The number of halogens is 1. The molecule has 0 fully saturated rings. The lowest BCUT2D eigenvalue weighted by molar-refractivity contribution is 0.748. The van der Waals surface area contributed by atoms with Gasteiger partial charge in [-0.05, 0) is 37.1 Å². The van der Waals surface area contributed by atoms with Crippen LogP contribution in [-0.2, 0) is 6.42 Å². The number of aromatic nitrogens is 4. The molecule has 4 nitrogen and oxygen atoms in total. The van der Waals surface area contributed by atoms with Crippen molar-refractivity contribution < 1.29 is 0 Å². The van der Waals surface area contributed by atoms with Crippen LogP contribution in [0, 0.1) is 13.8 Å². The molecule has 0 saturated heterocycles. The van der Waals surface area contributed by atoms with Gasteiger partial charge in [-0.3, -0.25) is 0 Å². The Labute approximate surface area is 134 Å². The third-order valence-corrected chi connectivity index (χ3v) is 4.09. The summed E-state index contributed by atoms with van der Waals surface area (Å²) >= 11 is 6.47. The molecule has 1 aromatic carbocycles. The van der Waals surface area contributed by atoms with Gasteiger partial charge in [-0.15, -0.1) is 0 Å². The van der Waals surface area contributed by atoms with Crippen LogP contribution in [0.25, 0.3) is 0 Å². The van der Waals surface area contributed by atoms with Crippen LogP contribution in [0.1, 0.15) is 34.3 Å². The number of aromatic amines is 1. The highest BCUT2D eigenvalue weighted by Gasteiger charge is 2.21. The van der Waals surface area contributed by atoms with E-state index in [1.54, 1.807) is 12.5 Å². The number of nitrogens with zero attached hydrogens (tertiary/aromatic N) is 3. The summed E-state index contributed by atoms with van der Waals surface area (Å²) in [5.74, 6) is 0.863. The first-order valence-corrected chi connectivity index (χ1v) is 7.54. The zero-order valence-corrected chi connectivity index (χ0v) is 13.3. The summed E-state index contributed by atoms with van der Waals surface area (Å²) in [6, 6.07) is 7.93. The second-order valence-corrected chi connectivity index (χ2v) is 5.74. The Hall–Kier alpha value is -2.20. The summed E-state index contributed by atoms with van der Waals surface area (Å²) in [6.45, 7) is 3.98. The highest BCUT2D eigenvalue weighted by molar-refractivity contribution is 6.31. The molecule has 1 N–H and O–H groups in total. The van der Waals surface area contributed by atoms with Gasteiger partial charge in [-0.2, -0.15) is 0 Å². The van der Waals surface area contributed by atoms with Crippen LogP contribution in [0.15, 0.2) is 43.0 Å². The maximum absolute atomic E-state index is 6.47. The first-order valence-electron chi connectivity index (χ1n) is 7.17. The van der Waals surface area contributed by atoms with E-state index in [4.69, 9.17) is 11.6 Å². The van der Waals surface area contributed by atoms with Gasteiger partial charge in [0.2, 0.25) is 0 Å². The molecule has 3 rings (SSSR count). The maximum atomic E-state index is 6.47. The molecule has 2 aromatic heterocycles. The summed E-state index contributed by atoms with van der Waals surface area (Å²) in [4.78, 5) is 16.0. The SMILES string of the molecule is Cc1nccc(CC(c2cnc[nH]2)c2c(C)cccc2Cl)n1. The molecule has 0 amide bonds. The van der Waals surface area contributed by atoms with Crippen molar-refractivity contribution in [2.45, 2.75) is 26.2 Å². The number of imidazole rings is 1. The van der Waals surface area contributed by atoms with Gasteiger partial charge in [0, 0.05) is 41.1 Å². The minimum absolute atomic E-state index is 0.0884. The number of aryl methyl sites for hydroxylation is 2. The summed E-state index contributed by atoms with van der Waals surface area (Å²) in [6.07, 6.45) is 6.08. The van der Waals surface area contributed by atoms with Gasteiger partial charge < -0.3 is 4.98 Å². The van der Waals surface area contributed by atoms with Gasteiger partial charge in [-0.1, -0.05) is 23.7 Å². The first-order chi connectivity index (χ1) is 10.6. The van der Waals surface area contributed by atoms with Gasteiger partial charge in [0.1, 0.15) is 5.82 Å². The van der Waals surface area contributed by atoms with E-state index in [0.29, 0.717) is 0 Å². The summed E-state index contributed by atoms with van der Waals surface area (Å²) in [5.41, 5.74) is 4.31. The Morgan fingerprint density at radius 1 is 1.23 bits per heavy atom. The van der Waals surface area contributed by atoms with Crippen molar-refractivity contribution in [3.05, 3.63) is 76.3 Å². The third kappa shape index (κ3) is 3.02. The molecule has 1 atom stereocenters. The van der Waals surface area contributed by atoms with Gasteiger partial charge >= 0.3 is 0 Å². The summed E-state index contributed by atoms with van der Waals surface area (Å²) in [5, 5.41) is 0.769. The average Bonchev–Trinajstić information content (AvgIpc) is 3.00. The second-order valence-electron chi connectivity index (χ2n) is 5.33. The zero-order chi connectivity index (χ0) is 15.5.